The van der Waals surface area contributed by atoms with Crippen molar-refractivity contribution in [2.24, 2.45) is 0 Å². The molecule has 1 aliphatic heterocycles. The van der Waals surface area contributed by atoms with Crippen LogP contribution in [0.15, 0.2) is 23.3 Å². The van der Waals surface area contributed by atoms with Crippen molar-refractivity contribution in [1.29, 1.82) is 0 Å². The van der Waals surface area contributed by atoms with Crippen LogP contribution in [0.4, 0.5) is 0 Å². The lowest BCUT2D eigenvalue weighted by molar-refractivity contribution is -0.135. The van der Waals surface area contributed by atoms with Gasteiger partial charge in [0, 0.05) is 17.6 Å². The van der Waals surface area contributed by atoms with E-state index in [1.807, 2.05) is 4.90 Å². The molecule has 1 unspecified atom stereocenters. The Bertz CT molecular complexity index is 834. The number of amides is 1. The Morgan fingerprint density at radius 3 is 2.88 bits per heavy atom. The second kappa shape index (κ2) is 7.11. The first kappa shape index (κ1) is 17.2. The summed E-state index contributed by atoms with van der Waals surface area (Å²) in [5.74, 6) is -0.0436. The summed E-state index contributed by atoms with van der Waals surface area (Å²) in [6, 6.07) is 3.35. The van der Waals surface area contributed by atoms with Gasteiger partial charge >= 0.3 is 0 Å². The largest absolute Gasteiger partial charge is 0.338 e. The van der Waals surface area contributed by atoms with E-state index in [2.05, 4.69) is 11.9 Å². The van der Waals surface area contributed by atoms with Crippen LogP contribution >= 0.6 is 23.2 Å². The molecule has 128 valence electrons. The van der Waals surface area contributed by atoms with Gasteiger partial charge in [0.25, 0.3) is 5.56 Å². The summed E-state index contributed by atoms with van der Waals surface area (Å²) in [6.45, 7) is 2.83. The van der Waals surface area contributed by atoms with E-state index in [1.54, 1.807) is 6.07 Å². The minimum Gasteiger partial charge on any atom is -0.338 e. The molecule has 7 heteroatoms. The zero-order valence-corrected chi connectivity index (χ0v) is 15.0. The average Bonchev–Trinajstić information content (AvgIpc) is 2.57. The number of fused-ring (bicyclic) bond motifs is 1. The number of hydrogen-bond donors (Lipinski definition) is 0. The predicted octanol–water partition coefficient (Wildman–Crippen LogP) is 3.49. The van der Waals surface area contributed by atoms with E-state index in [9.17, 15) is 9.59 Å². The molecule has 0 saturated carbocycles. The second-order valence-corrected chi connectivity index (χ2v) is 6.95. The van der Waals surface area contributed by atoms with Crippen molar-refractivity contribution in [3.63, 3.8) is 0 Å². The molecule has 2 aromatic rings. The Morgan fingerprint density at radius 2 is 2.12 bits per heavy atom. The summed E-state index contributed by atoms with van der Waals surface area (Å²) in [4.78, 5) is 31.4. The summed E-state index contributed by atoms with van der Waals surface area (Å²) in [5.41, 5.74) is 0.0991. The maximum Gasteiger partial charge on any atom is 0.261 e. The van der Waals surface area contributed by atoms with E-state index < -0.39 is 0 Å². The van der Waals surface area contributed by atoms with Gasteiger partial charge in [-0.1, -0.05) is 30.1 Å². The van der Waals surface area contributed by atoms with Crippen molar-refractivity contribution in [2.45, 2.75) is 45.2 Å². The molecule has 1 fully saturated rings. The highest BCUT2D eigenvalue weighted by atomic mass is 35.5. The third-order valence-corrected chi connectivity index (χ3v) is 5.08. The lowest BCUT2D eigenvalue weighted by atomic mass is 10.00. The van der Waals surface area contributed by atoms with E-state index >= 15 is 0 Å². The number of likely N-dealkylation sites (tertiary alicyclic amines) is 1. The smallest absolute Gasteiger partial charge is 0.261 e. The van der Waals surface area contributed by atoms with Gasteiger partial charge in [-0.2, -0.15) is 0 Å². The lowest BCUT2D eigenvalue weighted by Gasteiger charge is -2.35. The summed E-state index contributed by atoms with van der Waals surface area (Å²) >= 11 is 12.1. The maximum atomic E-state index is 12.6. The zero-order valence-electron chi connectivity index (χ0n) is 13.5. The van der Waals surface area contributed by atoms with E-state index in [0.29, 0.717) is 20.9 Å². The number of carbonyl (C=O) groups is 1. The summed E-state index contributed by atoms with van der Waals surface area (Å²) < 4.78 is 1.33. The number of nitrogens with zero attached hydrogens (tertiary/aromatic N) is 3. The van der Waals surface area contributed by atoms with Crippen molar-refractivity contribution in [3.05, 3.63) is 38.9 Å². The molecule has 0 radical (unpaired) electrons. The fourth-order valence-electron chi connectivity index (χ4n) is 3.30. The SMILES string of the molecule is CCC1CCCCN1C(=O)Cn1cnc2c(Cl)cc(Cl)cc2c1=O. The quantitative estimate of drug-likeness (QED) is 0.833. The molecule has 0 spiro atoms. The third-order valence-electron chi connectivity index (χ3n) is 4.57. The monoisotopic (exact) mass is 367 g/mol. The summed E-state index contributed by atoms with van der Waals surface area (Å²) in [6.07, 6.45) is 5.50. The van der Waals surface area contributed by atoms with Crippen LogP contribution in [-0.2, 0) is 11.3 Å². The Hall–Kier alpha value is -1.59. The van der Waals surface area contributed by atoms with Gasteiger partial charge in [-0.3, -0.25) is 14.2 Å². The normalized spacial score (nSPS) is 18.1. The van der Waals surface area contributed by atoms with Crippen LogP contribution in [0.3, 0.4) is 0 Å². The summed E-state index contributed by atoms with van der Waals surface area (Å²) in [5, 5.41) is 1.03. The fraction of sp³-hybridized carbons (Fsp3) is 0.471. The molecule has 0 N–H and O–H groups in total. The van der Waals surface area contributed by atoms with Crippen molar-refractivity contribution in [3.8, 4) is 0 Å². The lowest BCUT2D eigenvalue weighted by Crippen LogP contribution is -2.45. The number of halogens is 2. The molecular formula is C17H19Cl2N3O2. The molecule has 5 nitrogen and oxygen atoms in total. The average molecular weight is 368 g/mol. The van der Waals surface area contributed by atoms with Gasteiger partial charge < -0.3 is 4.90 Å². The predicted molar refractivity (Wildman–Crippen MR) is 95.7 cm³/mol. The van der Waals surface area contributed by atoms with E-state index in [0.717, 1.165) is 32.2 Å². The molecule has 1 atom stereocenters. The Morgan fingerprint density at radius 1 is 1.33 bits per heavy atom. The van der Waals surface area contributed by atoms with Crippen LogP contribution < -0.4 is 5.56 Å². The van der Waals surface area contributed by atoms with Crippen LogP contribution in [0.1, 0.15) is 32.6 Å². The van der Waals surface area contributed by atoms with Crippen LogP contribution in [0.5, 0.6) is 0 Å². The number of rotatable bonds is 3. The number of aromatic nitrogens is 2. The van der Waals surface area contributed by atoms with Gasteiger partial charge in [0.05, 0.1) is 22.3 Å². The molecule has 3 rings (SSSR count). The molecular weight excluding hydrogens is 349 g/mol. The van der Waals surface area contributed by atoms with Crippen molar-refractivity contribution < 1.29 is 4.79 Å². The molecule has 2 heterocycles. The number of carbonyl (C=O) groups excluding carboxylic acids is 1. The highest BCUT2D eigenvalue weighted by Gasteiger charge is 2.25. The van der Waals surface area contributed by atoms with Gasteiger partial charge in [-0.05, 0) is 37.8 Å². The number of hydrogen-bond acceptors (Lipinski definition) is 3. The van der Waals surface area contributed by atoms with Crippen LogP contribution in [0.2, 0.25) is 10.0 Å². The Kier molecular flexibility index (Phi) is 5.11. The van der Waals surface area contributed by atoms with Gasteiger partial charge in [0.2, 0.25) is 5.91 Å². The van der Waals surface area contributed by atoms with Gasteiger partial charge in [0.15, 0.2) is 0 Å². The van der Waals surface area contributed by atoms with Gasteiger partial charge in [-0.15, -0.1) is 0 Å². The maximum absolute atomic E-state index is 12.6. The molecule has 24 heavy (non-hydrogen) atoms. The van der Waals surface area contributed by atoms with Crippen molar-refractivity contribution in [1.82, 2.24) is 14.5 Å². The van der Waals surface area contributed by atoms with Gasteiger partial charge in [-0.25, -0.2) is 4.98 Å². The fourth-order valence-corrected chi connectivity index (χ4v) is 3.84. The molecule has 1 aromatic heterocycles. The van der Waals surface area contributed by atoms with Crippen molar-refractivity contribution >= 4 is 40.0 Å². The number of benzene rings is 1. The Balaban J connectivity index is 1.91. The minimum atomic E-state index is -0.303. The molecule has 1 amide bonds. The third kappa shape index (κ3) is 3.28. The second-order valence-electron chi connectivity index (χ2n) is 6.11. The first-order valence-corrected chi connectivity index (χ1v) is 8.90. The minimum absolute atomic E-state index is 0.0115. The van der Waals surface area contributed by atoms with E-state index in [-0.39, 0.29) is 24.1 Å². The summed E-state index contributed by atoms with van der Waals surface area (Å²) in [7, 11) is 0. The first-order chi connectivity index (χ1) is 11.5. The standard InChI is InChI=1S/C17H19Cl2N3O2/c1-2-12-5-3-4-6-22(12)15(23)9-21-10-20-16-13(17(21)24)7-11(18)8-14(16)19/h7-8,10,12H,2-6,9H2,1H3. The molecule has 0 bridgehead atoms. The molecule has 0 aliphatic carbocycles. The first-order valence-electron chi connectivity index (χ1n) is 8.15. The van der Waals surface area contributed by atoms with Crippen LogP contribution in [-0.4, -0.2) is 32.9 Å². The van der Waals surface area contributed by atoms with Crippen LogP contribution in [0, 0.1) is 0 Å². The topological polar surface area (TPSA) is 55.2 Å². The van der Waals surface area contributed by atoms with Crippen molar-refractivity contribution in [2.75, 3.05) is 6.54 Å². The van der Waals surface area contributed by atoms with Crippen LogP contribution in [0.25, 0.3) is 10.9 Å². The molecule has 1 aromatic carbocycles. The van der Waals surface area contributed by atoms with E-state index in [4.69, 9.17) is 23.2 Å². The van der Waals surface area contributed by atoms with E-state index in [1.165, 1.54) is 17.0 Å². The molecule has 1 aliphatic rings. The van der Waals surface area contributed by atoms with Gasteiger partial charge in [0.1, 0.15) is 6.54 Å². The highest BCUT2D eigenvalue weighted by molar-refractivity contribution is 6.38. The zero-order chi connectivity index (χ0) is 17.3. The molecule has 1 saturated heterocycles. The number of piperidine rings is 1. The Labute approximate surface area is 150 Å². The highest BCUT2D eigenvalue weighted by Crippen LogP contribution is 2.24.